The van der Waals surface area contributed by atoms with Crippen molar-refractivity contribution in [2.75, 3.05) is 0 Å². The Bertz CT molecular complexity index is 424. The zero-order valence-electron chi connectivity index (χ0n) is 8.93. The van der Waals surface area contributed by atoms with Gasteiger partial charge < -0.3 is 0 Å². The molecule has 0 aliphatic rings. The molecule has 0 aliphatic heterocycles. The van der Waals surface area contributed by atoms with Crippen molar-refractivity contribution in [1.29, 1.82) is 0 Å². The first-order chi connectivity index (χ1) is 7.15. The highest BCUT2D eigenvalue weighted by Gasteiger charge is 2.06. The summed E-state index contributed by atoms with van der Waals surface area (Å²) in [6, 6.07) is 4.43. The minimum atomic E-state index is -0.278. The van der Waals surface area contributed by atoms with Gasteiger partial charge in [0.2, 0.25) is 0 Å². The van der Waals surface area contributed by atoms with Crippen LogP contribution in [0.2, 0.25) is 0 Å². The lowest BCUT2D eigenvalue weighted by molar-refractivity contribution is 0.0984. The van der Waals surface area contributed by atoms with Crippen molar-refractivity contribution in [1.82, 2.24) is 0 Å². The van der Waals surface area contributed by atoms with Gasteiger partial charge in [-0.1, -0.05) is 0 Å². The number of Topliss-reactive ketones (excluding diaryl/α,β-unsaturated/α-hetero) is 1. The summed E-state index contributed by atoms with van der Waals surface area (Å²) in [5, 5.41) is 0. The summed E-state index contributed by atoms with van der Waals surface area (Å²) in [4.78, 5) is 11.6. The highest BCUT2D eigenvalue weighted by molar-refractivity contribution is 5.96. The summed E-state index contributed by atoms with van der Waals surface area (Å²) in [6.45, 7) is 3.39. The fraction of sp³-hybridized carbons (Fsp3) is 0.308. The lowest BCUT2D eigenvalue weighted by Gasteiger charge is -2.01. The molecule has 0 spiro atoms. The molecule has 2 heteroatoms. The number of carbonyl (C=O) groups is 1. The molecule has 0 atom stereocenters. The maximum absolute atomic E-state index is 12.9. The Hall–Kier alpha value is -1.62. The SMILES string of the molecule is CC#CCCC(=O)c1ccc(F)c(C)c1. The highest BCUT2D eigenvalue weighted by Crippen LogP contribution is 2.11. The summed E-state index contributed by atoms with van der Waals surface area (Å²) in [7, 11) is 0. The van der Waals surface area contributed by atoms with Crippen LogP contribution in [0.5, 0.6) is 0 Å². The van der Waals surface area contributed by atoms with Gasteiger partial charge in [-0.2, -0.15) is 0 Å². The van der Waals surface area contributed by atoms with Crippen molar-refractivity contribution in [2.45, 2.75) is 26.7 Å². The van der Waals surface area contributed by atoms with E-state index in [0.29, 0.717) is 24.0 Å². The van der Waals surface area contributed by atoms with Crippen LogP contribution in [-0.4, -0.2) is 5.78 Å². The van der Waals surface area contributed by atoms with Gasteiger partial charge in [0.05, 0.1) is 0 Å². The molecule has 78 valence electrons. The number of ketones is 1. The molecule has 0 unspecified atom stereocenters. The van der Waals surface area contributed by atoms with Crippen molar-refractivity contribution in [3.63, 3.8) is 0 Å². The highest BCUT2D eigenvalue weighted by atomic mass is 19.1. The van der Waals surface area contributed by atoms with E-state index in [1.165, 1.54) is 12.1 Å². The Morgan fingerprint density at radius 2 is 2.20 bits per heavy atom. The van der Waals surface area contributed by atoms with Gasteiger partial charge in [-0.15, -0.1) is 11.8 Å². The van der Waals surface area contributed by atoms with Crippen LogP contribution in [0, 0.1) is 24.6 Å². The van der Waals surface area contributed by atoms with Crippen LogP contribution >= 0.6 is 0 Å². The Morgan fingerprint density at radius 3 is 2.80 bits per heavy atom. The van der Waals surface area contributed by atoms with E-state index < -0.39 is 0 Å². The fourth-order valence-electron chi connectivity index (χ4n) is 1.26. The molecule has 15 heavy (non-hydrogen) atoms. The summed E-state index contributed by atoms with van der Waals surface area (Å²) in [5.74, 6) is 5.30. The lowest BCUT2D eigenvalue weighted by atomic mass is 10.0. The molecule has 0 aliphatic carbocycles. The van der Waals surface area contributed by atoms with Crippen LogP contribution in [0.3, 0.4) is 0 Å². The predicted molar refractivity (Wildman–Crippen MR) is 58.2 cm³/mol. The molecule has 0 aromatic heterocycles. The number of halogens is 1. The molecule has 1 rings (SSSR count). The predicted octanol–water partition coefficient (Wildman–Crippen LogP) is 3.12. The second-order valence-electron chi connectivity index (χ2n) is 3.31. The van der Waals surface area contributed by atoms with Crippen molar-refractivity contribution in [2.24, 2.45) is 0 Å². The van der Waals surface area contributed by atoms with E-state index in [2.05, 4.69) is 11.8 Å². The number of hydrogen-bond donors (Lipinski definition) is 0. The number of rotatable bonds is 3. The van der Waals surface area contributed by atoms with Gasteiger partial charge in [0, 0.05) is 18.4 Å². The molecule has 0 saturated carbocycles. The largest absolute Gasteiger partial charge is 0.294 e. The first-order valence-corrected chi connectivity index (χ1v) is 4.84. The van der Waals surface area contributed by atoms with Crippen molar-refractivity contribution in [3.05, 3.63) is 35.1 Å². The van der Waals surface area contributed by atoms with E-state index in [1.54, 1.807) is 19.9 Å². The van der Waals surface area contributed by atoms with E-state index in [0.717, 1.165) is 0 Å². The molecule has 1 aromatic carbocycles. The molecule has 1 aromatic rings. The average molecular weight is 204 g/mol. The maximum atomic E-state index is 12.9. The van der Waals surface area contributed by atoms with Crippen LogP contribution in [0.4, 0.5) is 4.39 Å². The van der Waals surface area contributed by atoms with Crippen LogP contribution in [0.25, 0.3) is 0 Å². The standard InChI is InChI=1S/C13H13FO/c1-3-4-5-6-13(15)11-7-8-12(14)10(2)9-11/h7-9H,5-6H2,1-2H3. The summed E-state index contributed by atoms with van der Waals surface area (Å²) < 4.78 is 12.9. The normalized spacial score (nSPS) is 9.27. The number of aryl methyl sites for hydroxylation is 1. The fourth-order valence-corrected chi connectivity index (χ4v) is 1.26. The van der Waals surface area contributed by atoms with E-state index in [-0.39, 0.29) is 11.6 Å². The van der Waals surface area contributed by atoms with Gasteiger partial charge >= 0.3 is 0 Å². The van der Waals surface area contributed by atoms with Crippen LogP contribution in [0.1, 0.15) is 35.7 Å². The molecule has 0 N–H and O–H groups in total. The van der Waals surface area contributed by atoms with E-state index in [4.69, 9.17) is 0 Å². The van der Waals surface area contributed by atoms with Crippen LogP contribution in [0.15, 0.2) is 18.2 Å². The first-order valence-electron chi connectivity index (χ1n) is 4.84. The quantitative estimate of drug-likeness (QED) is 0.546. The Balaban J connectivity index is 2.72. The van der Waals surface area contributed by atoms with Crippen LogP contribution < -0.4 is 0 Å². The van der Waals surface area contributed by atoms with Crippen LogP contribution in [-0.2, 0) is 0 Å². The molecule has 0 saturated heterocycles. The molecule has 0 amide bonds. The molecule has 0 bridgehead atoms. The summed E-state index contributed by atoms with van der Waals surface area (Å²) >= 11 is 0. The topological polar surface area (TPSA) is 17.1 Å². The molecule has 0 fully saturated rings. The number of carbonyl (C=O) groups excluding carboxylic acids is 1. The molecular formula is C13H13FO. The van der Waals surface area contributed by atoms with E-state index in [9.17, 15) is 9.18 Å². The lowest BCUT2D eigenvalue weighted by Crippen LogP contribution is -1.99. The zero-order valence-corrected chi connectivity index (χ0v) is 8.93. The Labute approximate surface area is 89.3 Å². The minimum absolute atomic E-state index is 0.0147. The average Bonchev–Trinajstić information content (AvgIpc) is 2.22. The van der Waals surface area contributed by atoms with Gasteiger partial charge in [0.1, 0.15) is 5.82 Å². The summed E-state index contributed by atoms with van der Waals surface area (Å²) in [6.07, 6.45) is 0.956. The molecule has 1 nitrogen and oxygen atoms in total. The molecule has 0 radical (unpaired) electrons. The van der Waals surface area contributed by atoms with Gasteiger partial charge in [-0.25, -0.2) is 4.39 Å². The van der Waals surface area contributed by atoms with Crippen molar-refractivity contribution >= 4 is 5.78 Å². The third-order valence-electron chi connectivity index (χ3n) is 2.13. The Kier molecular flexibility index (Phi) is 4.05. The monoisotopic (exact) mass is 204 g/mol. The second-order valence-corrected chi connectivity index (χ2v) is 3.31. The maximum Gasteiger partial charge on any atom is 0.163 e. The molecular weight excluding hydrogens is 191 g/mol. The second kappa shape index (κ2) is 5.31. The molecule has 0 heterocycles. The zero-order chi connectivity index (χ0) is 11.3. The first kappa shape index (κ1) is 11.5. The van der Waals surface area contributed by atoms with Gasteiger partial charge in [0.15, 0.2) is 5.78 Å². The van der Waals surface area contributed by atoms with E-state index in [1.807, 2.05) is 0 Å². The number of hydrogen-bond acceptors (Lipinski definition) is 1. The van der Waals surface area contributed by atoms with Crippen molar-refractivity contribution < 1.29 is 9.18 Å². The summed E-state index contributed by atoms with van der Waals surface area (Å²) in [5.41, 5.74) is 1.06. The Morgan fingerprint density at radius 1 is 1.47 bits per heavy atom. The smallest absolute Gasteiger partial charge is 0.163 e. The van der Waals surface area contributed by atoms with E-state index >= 15 is 0 Å². The van der Waals surface area contributed by atoms with Gasteiger partial charge in [-0.05, 0) is 37.6 Å². The third kappa shape index (κ3) is 3.21. The van der Waals surface area contributed by atoms with Crippen molar-refractivity contribution in [3.8, 4) is 11.8 Å². The minimum Gasteiger partial charge on any atom is -0.294 e. The third-order valence-corrected chi connectivity index (χ3v) is 2.13. The van der Waals surface area contributed by atoms with Gasteiger partial charge in [-0.3, -0.25) is 4.79 Å². The van der Waals surface area contributed by atoms with Gasteiger partial charge in [0.25, 0.3) is 0 Å². The number of benzene rings is 1.